The van der Waals surface area contributed by atoms with Crippen molar-refractivity contribution in [1.82, 2.24) is 9.97 Å². The predicted octanol–water partition coefficient (Wildman–Crippen LogP) is 2.36. The van der Waals surface area contributed by atoms with Crippen LogP contribution in [0.1, 0.15) is 20.8 Å². The molecule has 1 heterocycles. The summed E-state index contributed by atoms with van der Waals surface area (Å²) in [5.74, 6) is 0.562. The van der Waals surface area contributed by atoms with Crippen molar-refractivity contribution in [3.05, 3.63) is 17.4 Å². The number of nitrogens with zero attached hydrogens (tertiary/aromatic N) is 2. The average molecular weight is 230 g/mol. The number of nitrogens with one attached hydrogen (secondary N) is 1. The lowest BCUT2D eigenvalue weighted by molar-refractivity contribution is 0.000583. The first-order chi connectivity index (χ1) is 7.03. The van der Waals surface area contributed by atoms with Crippen molar-refractivity contribution in [3.63, 3.8) is 0 Å². The Labute approximate surface area is 95.0 Å². The van der Waals surface area contributed by atoms with E-state index in [0.717, 1.165) is 0 Å². The van der Waals surface area contributed by atoms with Crippen LogP contribution >= 0.6 is 11.6 Å². The van der Waals surface area contributed by atoms with E-state index in [-0.39, 0.29) is 5.60 Å². The van der Waals surface area contributed by atoms with E-state index in [9.17, 15) is 0 Å². The summed E-state index contributed by atoms with van der Waals surface area (Å²) in [6, 6.07) is 0. The van der Waals surface area contributed by atoms with Crippen LogP contribution in [-0.4, -0.2) is 28.7 Å². The zero-order valence-electron chi connectivity index (χ0n) is 9.25. The molecule has 0 spiro atoms. The molecule has 0 amide bonds. The largest absolute Gasteiger partial charge is 0.374 e. The minimum absolute atomic E-state index is 0.224. The highest BCUT2D eigenvalue weighted by Gasteiger charge is 2.17. The normalized spacial score (nSPS) is 11.5. The molecular formula is C10H16ClN3O. The van der Waals surface area contributed by atoms with Gasteiger partial charge in [0.15, 0.2) is 0 Å². The van der Waals surface area contributed by atoms with Crippen molar-refractivity contribution in [2.45, 2.75) is 26.4 Å². The molecule has 0 saturated carbocycles. The molecule has 0 unspecified atom stereocenters. The lowest BCUT2D eigenvalue weighted by Gasteiger charge is -2.24. The zero-order valence-corrected chi connectivity index (χ0v) is 10.0. The Morgan fingerprint density at radius 2 is 2.00 bits per heavy atom. The minimum atomic E-state index is -0.224. The summed E-state index contributed by atoms with van der Waals surface area (Å²) in [6.45, 7) is 7.35. The van der Waals surface area contributed by atoms with Crippen molar-refractivity contribution in [2.24, 2.45) is 0 Å². The summed E-state index contributed by atoms with van der Waals surface area (Å²) in [5, 5.41) is 3.62. The van der Waals surface area contributed by atoms with Gasteiger partial charge in [-0.15, -0.1) is 0 Å². The molecule has 0 atom stereocenters. The van der Waals surface area contributed by atoms with E-state index >= 15 is 0 Å². The molecule has 1 aromatic heterocycles. The van der Waals surface area contributed by atoms with Crippen LogP contribution in [0.5, 0.6) is 0 Å². The van der Waals surface area contributed by atoms with Crippen molar-refractivity contribution >= 4 is 17.5 Å². The fourth-order valence-corrected chi connectivity index (χ4v) is 1.23. The van der Waals surface area contributed by atoms with Gasteiger partial charge >= 0.3 is 0 Å². The van der Waals surface area contributed by atoms with Gasteiger partial charge in [-0.1, -0.05) is 11.6 Å². The van der Waals surface area contributed by atoms with Crippen molar-refractivity contribution in [2.75, 3.05) is 18.5 Å². The standard InChI is InChI=1S/C10H16ClN3O/c1-4-15-10(2,3)7-14-9-12-5-8(11)6-13-9/h5-6H,4,7H2,1-3H3,(H,12,13,14). The number of halogens is 1. The quantitative estimate of drug-likeness (QED) is 0.842. The molecule has 4 nitrogen and oxygen atoms in total. The van der Waals surface area contributed by atoms with E-state index < -0.39 is 0 Å². The highest BCUT2D eigenvalue weighted by Crippen LogP contribution is 2.10. The highest BCUT2D eigenvalue weighted by atomic mass is 35.5. The number of anilines is 1. The summed E-state index contributed by atoms with van der Waals surface area (Å²) in [6.07, 6.45) is 3.12. The first kappa shape index (κ1) is 12.2. The molecule has 0 radical (unpaired) electrons. The van der Waals surface area contributed by atoms with Crippen LogP contribution < -0.4 is 5.32 Å². The lowest BCUT2D eigenvalue weighted by atomic mass is 10.1. The highest BCUT2D eigenvalue weighted by molar-refractivity contribution is 6.30. The molecule has 1 rings (SSSR count). The molecule has 0 aliphatic carbocycles. The molecule has 0 bridgehead atoms. The Bertz CT molecular complexity index is 300. The monoisotopic (exact) mass is 229 g/mol. The third kappa shape index (κ3) is 4.44. The zero-order chi connectivity index (χ0) is 11.3. The van der Waals surface area contributed by atoms with E-state index in [1.807, 2.05) is 20.8 Å². The Morgan fingerprint density at radius 1 is 1.40 bits per heavy atom. The number of hydrogen-bond acceptors (Lipinski definition) is 4. The summed E-state index contributed by atoms with van der Waals surface area (Å²) in [5.41, 5.74) is -0.224. The topological polar surface area (TPSA) is 47.0 Å². The summed E-state index contributed by atoms with van der Waals surface area (Å²) >= 11 is 5.67. The van der Waals surface area contributed by atoms with Crippen LogP contribution in [0, 0.1) is 0 Å². The Hall–Kier alpha value is -0.870. The second-order valence-corrected chi connectivity index (χ2v) is 4.21. The summed E-state index contributed by atoms with van der Waals surface area (Å²) in [4.78, 5) is 8.06. The van der Waals surface area contributed by atoms with Crippen LogP contribution in [0.4, 0.5) is 5.95 Å². The van der Waals surface area contributed by atoms with Crippen LogP contribution in [-0.2, 0) is 4.74 Å². The number of rotatable bonds is 5. The van der Waals surface area contributed by atoms with E-state index in [1.54, 1.807) is 12.4 Å². The van der Waals surface area contributed by atoms with Crippen LogP contribution in [0.15, 0.2) is 12.4 Å². The van der Waals surface area contributed by atoms with E-state index in [0.29, 0.717) is 24.1 Å². The van der Waals surface area contributed by atoms with Gasteiger partial charge in [-0.25, -0.2) is 9.97 Å². The number of aromatic nitrogens is 2. The Kier molecular flexibility index (Phi) is 4.29. The molecule has 5 heteroatoms. The summed E-state index contributed by atoms with van der Waals surface area (Å²) in [7, 11) is 0. The molecule has 0 aliphatic rings. The van der Waals surface area contributed by atoms with Crippen molar-refractivity contribution in [1.29, 1.82) is 0 Å². The van der Waals surface area contributed by atoms with Crippen LogP contribution in [0.3, 0.4) is 0 Å². The van der Waals surface area contributed by atoms with E-state index in [2.05, 4.69) is 15.3 Å². The molecule has 1 N–H and O–H groups in total. The maximum atomic E-state index is 5.67. The van der Waals surface area contributed by atoms with Crippen molar-refractivity contribution < 1.29 is 4.74 Å². The molecule has 0 fully saturated rings. The maximum Gasteiger partial charge on any atom is 0.222 e. The molecule has 0 aromatic carbocycles. The SMILES string of the molecule is CCOC(C)(C)CNc1ncc(Cl)cn1. The fourth-order valence-electron chi connectivity index (χ4n) is 1.14. The molecule has 84 valence electrons. The fraction of sp³-hybridized carbons (Fsp3) is 0.600. The first-order valence-corrected chi connectivity index (χ1v) is 5.26. The third-order valence-electron chi connectivity index (χ3n) is 1.83. The third-order valence-corrected chi connectivity index (χ3v) is 2.02. The van der Waals surface area contributed by atoms with Crippen LogP contribution in [0.2, 0.25) is 5.02 Å². The van der Waals surface area contributed by atoms with Gasteiger partial charge in [-0.2, -0.15) is 0 Å². The first-order valence-electron chi connectivity index (χ1n) is 4.89. The van der Waals surface area contributed by atoms with Gasteiger partial charge in [0, 0.05) is 13.2 Å². The van der Waals surface area contributed by atoms with Gasteiger partial charge in [-0.3, -0.25) is 0 Å². The summed E-state index contributed by atoms with van der Waals surface area (Å²) < 4.78 is 5.53. The van der Waals surface area contributed by atoms with Gasteiger partial charge in [0.2, 0.25) is 5.95 Å². The van der Waals surface area contributed by atoms with Gasteiger partial charge in [-0.05, 0) is 20.8 Å². The van der Waals surface area contributed by atoms with Gasteiger partial charge in [0.25, 0.3) is 0 Å². The Morgan fingerprint density at radius 3 is 2.53 bits per heavy atom. The van der Waals surface area contributed by atoms with Gasteiger partial charge in [0.1, 0.15) is 0 Å². The van der Waals surface area contributed by atoms with Gasteiger partial charge < -0.3 is 10.1 Å². The second kappa shape index (κ2) is 5.28. The van der Waals surface area contributed by atoms with E-state index in [4.69, 9.17) is 16.3 Å². The molecule has 0 aliphatic heterocycles. The van der Waals surface area contributed by atoms with Crippen molar-refractivity contribution in [3.8, 4) is 0 Å². The number of hydrogen-bond donors (Lipinski definition) is 1. The van der Waals surface area contributed by atoms with Gasteiger partial charge in [0.05, 0.1) is 23.0 Å². The molecule has 15 heavy (non-hydrogen) atoms. The molecular weight excluding hydrogens is 214 g/mol. The predicted molar refractivity (Wildman–Crippen MR) is 61.2 cm³/mol. The second-order valence-electron chi connectivity index (χ2n) is 3.77. The lowest BCUT2D eigenvalue weighted by Crippen LogP contribution is -2.33. The van der Waals surface area contributed by atoms with E-state index in [1.165, 1.54) is 0 Å². The number of ether oxygens (including phenoxy) is 1. The molecule has 0 saturated heterocycles. The average Bonchev–Trinajstić information content (AvgIpc) is 2.17. The Balaban J connectivity index is 2.46. The maximum absolute atomic E-state index is 5.67. The minimum Gasteiger partial charge on any atom is -0.374 e. The smallest absolute Gasteiger partial charge is 0.222 e. The van der Waals surface area contributed by atoms with Crippen LogP contribution in [0.25, 0.3) is 0 Å². The molecule has 1 aromatic rings.